The maximum absolute atomic E-state index is 14.0. The number of hydrogen-bond acceptors (Lipinski definition) is 5. The van der Waals surface area contributed by atoms with E-state index in [4.69, 9.17) is 0 Å². The number of ketones is 3. The van der Waals surface area contributed by atoms with Crippen molar-refractivity contribution in [3.63, 3.8) is 0 Å². The lowest BCUT2D eigenvalue weighted by molar-refractivity contribution is -0.122. The first-order chi connectivity index (χ1) is 14.9. The molecule has 1 fully saturated rings. The molecule has 5 nitrogen and oxygen atoms in total. The SMILES string of the molecule is O=C1C[C@H](c2ccc(O)cc2)C2(C(=O)c3ccccc3C2=O)[C@H](c2ccc(O)cc2)C1. The number of Topliss-reactive ketones (excluding diaryl/α,β-unsaturated/α-hetero) is 3. The summed E-state index contributed by atoms with van der Waals surface area (Å²) in [6.07, 6.45) is 0.148. The average Bonchev–Trinajstić information content (AvgIpc) is 2.99. The Hall–Kier alpha value is -3.73. The van der Waals surface area contributed by atoms with Crippen LogP contribution in [0.1, 0.15) is 56.5 Å². The number of rotatable bonds is 2. The zero-order chi connectivity index (χ0) is 21.8. The van der Waals surface area contributed by atoms with Crippen molar-refractivity contribution in [2.45, 2.75) is 24.7 Å². The van der Waals surface area contributed by atoms with E-state index in [0.717, 1.165) is 0 Å². The zero-order valence-electron chi connectivity index (χ0n) is 16.6. The molecule has 0 heterocycles. The minimum atomic E-state index is -1.45. The van der Waals surface area contributed by atoms with Gasteiger partial charge in [0.2, 0.25) is 0 Å². The van der Waals surface area contributed by atoms with E-state index in [1.165, 1.54) is 24.3 Å². The molecule has 2 aliphatic carbocycles. The van der Waals surface area contributed by atoms with Gasteiger partial charge in [-0.2, -0.15) is 0 Å². The number of phenolic OH excluding ortho intramolecular Hbond substituents is 2. The second kappa shape index (κ2) is 6.91. The van der Waals surface area contributed by atoms with Crippen molar-refractivity contribution in [1.82, 2.24) is 0 Å². The van der Waals surface area contributed by atoms with E-state index >= 15 is 0 Å². The molecular formula is C26H20O5. The highest BCUT2D eigenvalue weighted by Gasteiger charge is 2.64. The van der Waals surface area contributed by atoms with Gasteiger partial charge in [-0.15, -0.1) is 0 Å². The summed E-state index contributed by atoms with van der Waals surface area (Å²) in [5.74, 6) is -1.72. The van der Waals surface area contributed by atoms with Gasteiger partial charge in [-0.1, -0.05) is 48.5 Å². The van der Waals surface area contributed by atoms with Crippen molar-refractivity contribution in [2.75, 3.05) is 0 Å². The number of fused-ring (bicyclic) bond motifs is 1. The quantitative estimate of drug-likeness (QED) is 0.609. The molecule has 3 aromatic carbocycles. The molecule has 1 spiro atoms. The van der Waals surface area contributed by atoms with Crippen LogP contribution < -0.4 is 0 Å². The highest BCUT2D eigenvalue weighted by molar-refractivity contribution is 6.31. The van der Waals surface area contributed by atoms with Crippen LogP contribution in [-0.2, 0) is 4.79 Å². The Labute approximate surface area is 179 Å². The van der Waals surface area contributed by atoms with Gasteiger partial charge in [-0.25, -0.2) is 0 Å². The Morgan fingerprint density at radius 2 is 1.00 bits per heavy atom. The second-order valence-electron chi connectivity index (χ2n) is 8.31. The molecule has 154 valence electrons. The van der Waals surface area contributed by atoms with Crippen molar-refractivity contribution in [2.24, 2.45) is 5.41 Å². The van der Waals surface area contributed by atoms with Crippen molar-refractivity contribution in [1.29, 1.82) is 0 Å². The van der Waals surface area contributed by atoms with Gasteiger partial charge in [-0.3, -0.25) is 14.4 Å². The topological polar surface area (TPSA) is 91.7 Å². The molecule has 5 heteroatoms. The molecule has 0 amide bonds. The first-order valence-electron chi connectivity index (χ1n) is 10.2. The van der Waals surface area contributed by atoms with E-state index in [1.54, 1.807) is 48.5 Å². The summed E-state index contributed by atoms with van der Waals surface area (Å²) in [6, 6.07) is 19.6. The van der Waals surface area contributed by atoms with E-state index < -0.39 is 17.3 Å². The minimum absolute atomic E-state index is 0.0293. The molecular weight excluding hydrogens is 392 g/mol. The van der Waals surface area contributed by atoms with Gasteiger partial charge in [-0.05, 0) is 35.4 Å². The molecule has 2 N–H and O–H groups in total. The van der Waals surface area contributed by atoms with Gasteiger partial charge in [0, 0.05) is 35.8 Å². The summed E-state index contributed by atoms with van der Waals surface area (Å²) >= 11 is 0. The van der Waals surface area contributed by atoms with Gasteiger partial charge in [0.1, 0.15) is 22.7 Å². The van der Waals surface area contributed by atoms with Crippen LogP contribution in [0.25, 0.3) is 0 Å². The van der Waals surface area contributed by atoms with E-state index in [2.05, 4.69) is 0 Å². The summed E-state index contributed by atoms with van der Waals surface area (Å²) in [4.78, 5) is 40.8. The Balaban J connectivity index is 1.78. The molecule has 0 aliphatic heterocycles. The minimum Gasteiger partial charge on any atom is -0.508 e. The summed E-state index contributed by atoms with van der Waals surface area (Å²) < 4.78 is 0. The fourth-order valence-electron chi connectivity index (χ4n) is 5.34. The third-order valence-electron chi connectivity index (χ3n) is 6.72. The maximum Gasteiger partial charge on any atom is 0.178 e. The van der Waals surface area contributed by atoms with Crippen LogP contribution in [-0.4, -0.2) is 27.6 Å². The lowest BCUT2D eigenvalue weighted by atomic mass is 9.54. The smallest absolute Gasteiger partial charge is 0.178 e. The number of carbonyl (C=O) groups excluding carboxylic acids is 3. The van der Waals surface area contributed by atoms with Gasteiger partial charge in [0.15, 0.2) is 11.6 Å². The van der Waals surface area contributed by atoms with Gasteiger partial charge < -0.3 is 10.2 Å². The lowest BCUT2D eigenvalue weighted by Gasteiger charge is -2.44. The third-order valence-corrected chi connectivity index (χ3v) is 6.72. The Kier molecular flexibility index (Phi) is 4.29. The van der Waals surface area contributed by atoms with Crippen LogP contribution in [0.5, 0.6) is 11.5 Å². The Morgan fingerprint density at radius 3 is 1.39 bits per heavy atom. The average molecular weight is 412 g/mol. The maximum atomic E-state index is 14.0. The molecule has 2 aliphatic rings. The molecule has 0 saturated heterocycles. The number of hydrogen-bond donors (Lipinski definition) is 2. The van der Waals surface area contributed by atoms with Crippen LogP contribution in [0, 0.1) is 5.41 Å². The molecule has 0 unspecified atom stereocenters. The van der Waals surface area contributed by atoms with E-state index in [9.17, 15) is 24.6 Å². The summed E-state index contributed by atoms with van der Waals surface area (Å²) in [7, 11) is 0. The Morgan fingerprint density at radius 1 is 0.613 bits per heavy atom. The lowest BCUT2D eigenvalue weighted by Crippen LogP contribution is -2.49. The first-order valence-corrected chi connectivity index (χ1v) is 10.2. The first kappa shape index (κ1) is 19.2. The molecule has 1 saturated carbocycles. The van der Waals surface area contributed by atoms with Crippen LogP contribution in [0.4, 0.5) is 0 Å². The highest BCUT2D eigenvalue weighted by Crippen LogP contribution is 2.60. The predicted molar refractivity (Wildman–Crippen MR) is 113 cm³/mol. The van der Waals surface area contributed by atoms with Crippen LogP contribution >= 0.6 is 0 Å². The molecule has 3 aromatic rings. The van der Waals surface area contributed by atoms with Crippen LogP contribution in [0.15, 0.2) is 72.8 Å². The monoisotopic (exact) mass is 412 g/mol. The highest BCUT2D eigenvalue weighted by atomic mass is 16.3. The van der Waals surface area contributed by atoms with E-state index in [0.29, 0.717) is 22.3 Å². The number of phenols is 2. The fraction of sp³-hybridized carbons (Fsp3) is 0.192. The summed E-state index contributed by atoms with van der Waals surface area (Å²) in [5.41, 5.74) is 0.656. The van der Waals surface area contributed by atoms with E-state index in [-0.39, 0.29) is 41.7 Å². The molecule has 0 radical (unpaired) electrons. The Bertz CT molecular complexity index is 1110. The largest absolute Gasteiger partial charge is 0.508 e. The molecule has 0 bridgehead atoms. The molecule has 2 atom stereocenters. The number of carbonyl (C=O) groups is 3. The second-order valence-corrected chi connectivity index (χ2v) is 8.31. The van der Waals surface area contributed by atoms with E-state index in [1.807, 2.05) is 0 Å². The molecule has 5 rings (SSSR count). The van der Waals surface area contributed by atoms with Crippen molar-refractivity contribution < 1.29 is 24.6 Å². The molecule has 31 heavy (non-hydrogen) atoms. The summed E-state index contributed by atoms with van der Waals surface area (Å²) in [6.45, 7) is 0. The molecule has 0 aromatic heterocycles. The van der Waals surface area contributed by atoms with Gasteiger partial charge >= 0.3 is 0 Å². The standard InChI is InChI=1S/C26H20O5/c27-17-9-5-15(6-10-17)22-13-19(29)14-23(16-7-11-18(28)12-8-16)26(22)24(30)20-3-1-2-4-21(20)25(26)31/h1-12,22-23,27-28H,13-14H2/t22-,23+. The zero-order valence-corrected chi connectivity index (χ0v) is 16.6. The van der Waals surface area contributed by atoms with Gasteiger partial charge in [0.05, 0.1) is 0 Å². The fourth-order valence-corrected chi connectivity index (χ4v) is 5.34. The van der Waals surface area contributed by atoms with Gasteiger partial charge in [0.25, 0.3) is 0 Å². The van der Waals surface area contributed by atoms with Crippen molar-refractivity contribution in [3.05, 3.63) is 95.1 Å². The third kappa shape index (κ3) is 2.73. The number of aromatic hydroxyl groups is 2. The van der Waals surface area contributed by atoms with Crippen molar-refractivity contribution in [3.8, 4) is 11.5 Å². The predicted octanol–water partition coefficient (Wildman–Crippen LogP) is 4.39. The normalized spacial score (nSPS) is 22.0. The number of benzene rings is 3. The summed E-state index contributed by atoms with van der Waals surface area (Å²) in [5, 5.41) is 19.5. The van der Waals surface area contributed by atoms with Crippen molar-refractivity contribution >= 4 is 17.3 Å². The van der Waals surface area contributed by atoms with Crippen LogP contribution in [0.3, 0.4) is 0 Å². The van der Waals surface area contributed by atoms with Crippen LogP contribution in [0.2, 0.25) is 0 Å².